The fraction of sp³-hybridized carbons (Fsp3) is 0.474. The molecule has 2 bridgehead atoms. The zero-order chi connectivity index (χ0) is 17.8. The molecule has 3 atom stereocenters. The molecule has 6 rings (SSSR count). The molecule has 136 valence electrons. The summed E-state index contributed by atoms with van der Waals surface area (Å²) in [5.41, 5.74) is 6.53. The van der Waals surface area contributed by atoms with Gasteiger partial charge in [0.05, 0.1) is 0 Å². The van der Waals surface area contributed by atoms with Gasteiger partial charge in [0.15, 0.2) is 0 Å². The maximum absolute atomic E-state index is 13.9. The Kier molecular flexibility index (Phi) is 3.60. The molecule has 1 aromatic heterocycles. The Balaban J connectivity index is 1.58. The van der Waals surface area contributed by atoms with E-state index in [0.29, 0.717) is 18.5 Å². The summed E-state index contributed by atoms with van der Waals surface area (Å²) >= 11 is 0. The molecule has 26 heavy (non-hydrogen) atoms. The van der Waals surface area contributed by atoms with Crippen LogP contribution in [-0.2, 0) is 0 Å². The Morgan fingerprint density at radius 3 is 2.46 bits per heavy atom. The van der Waals surface area contributed by atoms with Gasteiger partial charge in [0.25, 0.3) is 0 Å². The average Bonchev–Trinajstić information content (AvgIpc) is 3.05. The Bertz CT molecular complexity index is 816. The SMILES string of the molecule is Nc1nccc(N2C[C@H](c3cc(F)cc(F)c3)[C@H]3[C@@H]2C2CCN3CC2)n1. The van der Waals surface area contributed by atoms with Crippen molar-refractivity contribution in [1.29, 1.82) is 0 Å². The number of benzene rings is 1. The first kappa shape index (κ1) is 15.9. The zero-order valence-corrected chi connectivity index (χ0v) is 14.4. The highest BCUT2D eigenvalue weighted by atomic mass is 19.1. The zero-order valence-electron chi connectivity index (χ0n) is 14.4. The fourth-order valence-corrected chi connectivity index (χ4v) is 5.29. The van der Waals surface area contributed by atoms with Gasteiger partial charge in [0.1, 0.15) is 17.5 Å². The Hall–Kier alpha value is -2.28. The summed E-state index contributed by atoms with van der Waals surface area (Å²) in [6.07, 6.45) is 3.98. The maximum atomic E-state index is 13.9. The third-order valence-electron chi connectivity index (χ3n) is 6.26. The molecule has 4 fully saturated rings. The van der Waals surface area contributed by atoms with Crippen molar-refractivity contribution in [3.63, 3.8) is 0 Å². The first-order valence-corrected chi connectivity index (χ1v) is 9.15. The summed E-state index contributed by atoms with van der Waals surface area (Å²) in [6, 6.07) is 6.31. The van der Waals surface area contributed by atoms with Crippen molar-refractivity contribution >= 4 is 11.8 Å². The van der Waals surface area contributed by atoms with Crippen molar-refractivity contribution in [3.8, 4) is 0 Å². The second-order valence-corrected chi connectivity index (χ2v) is 7.59. The number of anilines is 2. The van der Waals surface area contributed by atoms with Crippen LogP contribution in [0.25, 0.3) is 0 Å². The number of nitrogens with zero attached hydrogens (tertiary/aromatic N) is 4. The van der Waals surface area contributed by atoms with E-state index in [4.69, 9.17) is 5.73 Å². The van der Waals surface area contributed by atoms with E-state index in [1.807, 2.05) is 6.07 Å². The second-order valence-electron chi connectivity index (χ2n) is 7.59. The van der Waals surface area contributed by atoms with Crippen LogP contribution in [0.2, 0.25) is 0 Å². The molecule has 4 saturated heterocycles. The standard InChI is InChI=1S/C19H21F2N5/c20-13-7-12(8-14(21)9-13)15-10-26(16-1-4-23-19(22)24-16)17-11-2-5-25(6-3-11)18(15)17/h1,4,7-9,11,15,17-18H,2-3,5-6,10H2,(H2,22,23,24)/t15-,17+,18+/m1/s1. The van der Waals surface area contributed by atoms with Crippen molar-refractivity contribution in [2.75, 3.05) is 30.3 Å². The van der Waals surface area contributed by atoms with Crippen molar-refractivity contribution in [2.24, 2.45) is 5.92 Å². The molecule has 5 nitrogen and oxygen atoms in total. The van der Waals surface area contributed by atoms with Crippen LogP contribution >= 0.6 is 0 Å². The normalized spacial score (nSPS) is 32.7. The highest BCUT2D eigenvalue weighted by Crippen LogP contribution is 2.47. The van der Waals surface area contributed by atoms with E-state index in [-0.39, 0.29) is 17.9 Å². The molecule has 4 aliphatic rings. The quantitative estimate of drug-likeness (QED) is 0.894. The predicted molar refractivity (Wildman–Crippen MR) is 94.8 cm³/mol. The lowest BCUT2D eigenvalue weighted by Crippen LogP contribution is -2.60. The molecular formula is C19H21F2N5. The highest BCUT2D eigenvalue weighted by molar-refractivity contribution is 5.48. The van der Waals surface area contributed by atoms with Gasteiger partial charge < -0.3 is 10.6 Å². The topological polar surface area (TPSA) is 58.3 Å². The van der Waals surface area contributed by atoms with E-state index in [1.165, 1.54) is 12.1 Å². The van der Waals surface area contributed by atoms with E-state index in [0.717, 1.165) is 43.4 Å². The Morgan fingerprint density at radius 1 is 1.04 bits per heavy atom. The molecule has 5 heterocycles. The number of hydrogen-bond acceptors (Lipinski definition) is 5. The van der Waals surface area contributed by atoms with Crippen LogP contribution in [0.1, 0.15) is 24.3 Å². The predicted octanol–water partition coefficient (Wildman–Crippen LogP) is 2.40. The van der Waals surface area contributed by atoms with Crippen molar-refractivity contribution in [3.05, 3.63) is 47.7 Å². The molecule has 0 aliphatic carbocycles. The third-order valence-corrected chi connectivity index (χ3v) is 6.26. The van der Waals surface area contributed by atoms with Gasteiger partial charge in [-0.25, -0.2) is 13.8 Å². The van der Waals surface area contributed by atoms with Gasteiger partial charge in [0.2, 0.25) is 5.95 Å². The summed E-state index contributed by atoms with van der Waals surface area (Å²) in [5.74, 6) is 0.643. The van der Waals surface area contributed by atoms with Gasteiger partial charge in [-0.1, -0.05) is 0 Å². The van der Waals surface area contributed by atoms with Gasteiger partial charge in [-0.05, 0) is 55.6 Å². The molecule has 2 aromatic rings. The van der Waals surface area contributed by atoms with Crippen LogP contribution in [0.4, 0.5) is 20.5 Å². The molecular weight excluding hydrogens is 336 g/mol. The Morgan fingerprint density at radius 2 is 1.77 bits per heavy atom. The molecule has 0 amide bonds. The molecule has 1 aromatic carbocycles. The number of nitrogen functional groups attached to an aromatic ring is 1. The molecule has 0 spiro atoms. The Labute approximate surface area is 150 Å². The largest absolute Gasteiger partial charge is 0.368 e. The van der Waals surface area contributed by atoms with E-state index < -0.39 is 11.6 Å². The van der Waals surface area contributed by atoms with Gasteiger partial charge >= 0.3 is 0 Å². The molecule has 2 N–H and O–H groups in total. The summed E-state index contributed by atoms with van der Waals surface area (Å²) < 4.78 is 27.7. The molecule has 0 unspecified atom stereocenters. The first-order valence-electron chi connectivity index (χ1n) is 9.15. The number of aromatic nitrogens is 2. The summed E-state index contributed by atoms with van der Waals surface area (Å²) in [4.78, 5) is 13.2. The van der Waals surface area contributed by atoms with Crippen molar-refractivity contribution in [2.45, 2.75) is 30.8 Å². The molecule has 0 saturated carbocycles. The number of piperidine rings is 3. The fourth-order valence-electron chi connectivity index (χ4n) is 5.29. The number of halogens is 2. The smallest absolute Gasteiger partial charge is 0.221 e. The minimum Gasteiger partial charge on any atom is -0.368 e. The van der Waals surface area contributed by atoms with Crippen LogP contribution in [0, 0.1) is 17.6 Å². The van der Waals surface area contributed by atoms with Crippen LogP contribution in [0.5, 0.6) is 0 Å². The minimum absolute atomic E-state index is 0.0458. The first-order chi connectivity index (χ1) is 12.6. The second kappa shape index (κ2) is 5.87. The summed E-state index contributed by atoms with van der Waals surface area (Å²) in [7, 11) is 0. The third kappa shape index (κ3) is 2.45. The van der Waals surface area contributed by atoms with Gasteiger partial charge in [-0.15, -0.1) is 0 Å². The lowest BCUT2D eigenvalue weighted by atomic mass is 9.75. The average molecular weight is 357 g/mol. The van der Waals surface area contributed by atoms with Crippen molar-refractivity contribution in [1.82, 2.24) is 14.9 Å². The van der Waals surface area contributed by atoms with Crippen molar-refractivity contribution < 1.29 is 8.78 Å². The van der Waals surface area contributed by atoms with Gasteiger partial charge in [-0.3, -0.25) is 4.90 Å². The minimum atomic E-state index is -0.516. The molecule has 0 radical (unpaired) electrons. The van der Waals surface area contributed by atoms with E-state index in [9.17, 15) is 8.78 Å². The lowest BCUT2D eigenvalue weighted by molar-refractivity contribution is 0.0354. The number of nitrogens with two attached hydrogens (primary N) is 1. The maximum Gasteiger partial charge on any atom is 0.221 e. The number of hydrogen-bond donors (Lipinski definition) is 1. The number of rotatable bonds is 2. The van der Waals surface area contributed by atoms with Crippen LogP contribution in [0.15, 0.2) is 30.5 Å². The van der Waals surface area contributed by atoms with E-state index in [2.05, 4.69) is 19.8 Å². The van der Waals surface area contributed by atoms with Gasteiger partial charge in [-0.2, -0.15) is 4.98 Å². The summed E-state index contributed by atoms with van der Waals surface area (Å²) in [5, 5.41) is 0. The number of fused-ring (bicyclic) bond motifs is 2. The van der Waals surface area contributed by atoms with E-state index >= 15 is 0 Å². The molecule has 4 aliphatic heterocycles. The van der Waals surface area contributed by atoms with E-state index in [1.54, 1.807) is 6.20 Å². The summed E-state index contributed by atoms with van der Waals surface area (Å²) in [6.45, 7) is 2.79. The lowest BCUT2D eigenvalue weighted by Gasteiger charge is -2.51. The molecule has 7 heteroatoms. The van der Waals surface area contributed by atoms with Crippen LogP contribution in [-0.4, -0.2) is 46.6 Å². The monoisotopic (exact) mass is 357 g/mol. The van der Waals surface area contributed by atoms with Gasteiger partial charge in [0, 0.05) is 36.8 Å². The van der Waals surface area contributed by atoms with Crippen LogP contribution < -0.4 is 10.6 Å². The highest BCUT2D eigenvalue weighted by Gasteiger charge is 2.53. The van der Waals surface area contributed by atoms with Crippen LogP contribution in [0.3, 0.4) is 0 Å².